The van der Waals surface area contributed by atoms with Gasteiger partial charge in [-0.15, -0.1) is 0 Å². The van der Waals surface area contributed by atoms with Gasteiger partial charge in [0.1, 0.15) is 16.1 Å². The Kier molecular flexibility index (Phi) is 7.77. The van der Waals surface area contributed by atoms with Crippen LogP contribution >= 0.6 is 24.0 Å². The van der Waals surface area contributed by atoms with Crippen LogP contribution in [-0.2, 0) is 22.4 Å². The van der Waals surface area contributed by atoms with Crippen molar-refractivity contribution in [3.63, 3.8) is 0 Å². The second-order valence-electron chi connectivity index (χ2n) is 7.72. The molecular weight excluding hydrogens is 466 g/mol. The van der Waals surface area contributed by atoms with Crippen molar-refractivity contribution in [2.24, 2.45) is 0 Å². The SMILES string of the molecule is O=C(O)[C@H](Cc1ccccc1)N1C(=O)/C(=C/c2ccccc2OCCc2ccccc2)SC1=S. The standard InChI is InChI=1S/C27H23NO4S2/c29-25-24(34-27(33)28(25)22(26(30)31)17-20-11-5-2-6-12-20)18-21-13-7-8-14-23(21)32-16-15-19-9-3-1-4-10-19/h1-14,18,22H,15-17H2,(H,30,31)/b24-18-/t22-/m0/s1. The first-order valence-corrected chi connectivity index (χ1v) is 12.0. The maximum atomic E-state index is 13.2. The molecule has 0 radical (unpaired) electrons. The van der Waals surface area contributed by atoms with Crippen LogP contribution in [0, 0.1) is 0 Å². The summed E-state index contributed by atoms with van der Waals surface area (Å²) >= 11 is 6.52. The molecule has 5 nitrogen and oxygen atoms in total. The van der Waals surface area contributed by atoms with E-state index in [4.69, 9.17) is 17.0 Å². The third-order valence-corrected chi connectivity index (χ3v) is 6.72. The number of hydrogen-bond donors (Lipinski definition) is 1. The lowest BCUT2D eigenvalue weighted by Gasteiger charge is -2.23. The molecule has 172 valence electrons. The Balaban J connectivity index is 1.51. The fourth-order valence-electron chi connectivity index (χ4n) is 3.67. The monoisotopic (exact) mass is 489 g/mol. The molecule has 3 aromatic rings. The van der Waals surface area contributed by atoms with Crippen LogP contribution in [0.1, 0.15) is 16.7 Å². The van der Waals surface area contributed by atoms with Crippen LogP contribution in [0.15, 0.2) is 89.8 Å². The molecule has 0 saturated carbocycles. The van der Waals surface area contributed by atoms with E-state index in [1.807, 2.05) is 72.8 Å². The maximum Gasteiger partial charge on any atom is 0.327 e. The molecule has 1 N–H and O–H groups in total. The van der Waals surface area contributed by atoms with E-state index in [1.165, 1.54) is 10.5 Å². The highest BCUT2D eigenvalue weighted by Crippen LogP contribution is 2.36. The predicted octanol–water partition coefficient (Wildman–Crippen LogP) is 5.21. The third kappa shape index (κ3) is 5.73. The predicted molar refractivity (Wildman–Crippen MR) is 139 cm³/mol. The zero-order chi connectivity index (χ0) is 23.9. The Morgan fingerprint density at radius 2 is 1.59 bits per heavy atom. The first-order valence-electron chi connectivity index (χ1n) is 10.8. The zero-order valence-electron chi connectivity index (χ0n) is 18.3. The lowest BCUT2D eigenvalue weighted by atomic mass is 10.0. The topological polar surface area (TPSA) is 66.8 Å². The molecule has 34 heavy (non-hydrogen) atoms. The van der Waals surface area contributed by atoms with Crippen molar-refractivity contribution >= 4 is 46.3 Å². The fraction of sp³-hybridized carbons (Fsp3) is 0.148. The Bertz CT molecular complexity index is 1210. The summed E-state index contributed by atoms with van der Waals surface area (Å²) in [7, 11) is 0. The summed E-state index contributed by atoms with van der Waals surface area (Å²) in [6, 6.07) is 25.7. The molecule has 3 aromatic carbocycles. The van der Waals surface area contributed by atoms with Crippen molar-refractivity contribution < 1.29 is 19.4 Å². The molecular formula is C27H23NO4S2. The minimum atomic E-state index is -1.09. The van der Waals surface area contributed by atoms with E-state index in [2.05, 4.69) is 12.1 Å². The van der Waals surface area contributed by atoms with Crippen molar-refractivity contribution in [3.05, 3.63) is 107 Å². The van der Waals surface area contributed by atoms with Crippen molar-refractivity contribution in [2.75, 3.05) is 6.61 Å². The molecule has 1 heterocycles. The molecule has 0 aliphatic carbocycles. The zero-order valence-corrected chi connectivity index (χ0v) is 19.9. The summed E-state index contributed by atoms with van der Waals surface area (Å²) in [5.41, 5.74) is 2.75. The highest BCUT2D eigenvalue weighted by Gasteiger charge is 2.40. The Labute approximate surface area is 208 Å². The van der Waals surface area contributed by atoms with Crippen molar-refractivity contribution in [1.82, 2.24) is 4.90 Å². The molecule has 0 aromatic heterocycles. The quantitative estimate of drug-likeness (QED) is 0.329. The van der Waals surface area contributed by atoms with Gasteiger partial charge in [-0.1, -0.05) is 103 Å². The number of thioether (sulfide) groups is 1. The molecule has 1 saturated heterocycles. The van der Waals surface area contributed by atoms with Gasteiger partial charge in [0.2, 0.25) is 0 Å². The molecule has 0 bridgehead atoms. The number of carboxylic acids is 1. The van der Waals surface area contributed by atoms with Crippen LogP contribution in [0.2, 0.25) is 0 Å². The number of para-hydroxylation sites is 1. The fourth-order valence-corrected chi connectivity index (χ4v) is 5.02. The first kappa shape index (κ1) is 23.7. The van der Waals surface area contributed by atoms with E-state index in [0.717, 1.165) is 29.3 Å². The first-order chi connectivity index (χ1) is 16.5. The number of ether oxygens (including phenoxy) is 1. The summed E-state index contributed by atoms with van der Waals surface area (Å²) in [4.78, 5) is 26.8. The number of amides is 1. The van der Waals surface area contributed by atoms with E-state index in [1.54, 1.807) is 6.08 Å². The third-order valence-electron chi connectivity index (χ3n) is 5.39. The van der Waals surface area contributed by atoms with E-state index in [0.29, 0.717) is 17.3 Å². The van der Waals surface area contributed by atoms with E-state index in [-0.39, 0.29) is 10.7 Å². The van der Waals surface area contributed by atoms with Gasteiger partial charge in [0.15, 0.2) is 0 Å². The smallest absolute Gasteiger partial charge is 0.327 e. The number of thiocarbonyl (C=S) groups is 1. The average Bonchev–Trinajstić information content (AvgIpc) is 3.12. The van der Waals surface area contributed by atoms with Gasteiger partial charge in [0.05, 0.1) is 11.5 Å². The van der Waals surface area contributed by atoms with Gasteiger partial charge < -0.3 is 9.84 Å². The van der Waals surface area contributed by atoms with Gasteiger partial charge in [-0.25, -0.2) is 4.79 Å². The van der Waals surface area contributed by atoms with Crippen molar-refractivity contribution in [1.29, 1.82) is 0 Å². The molecule has 1 atom stereocenters. The van der Waals surface area contributed by atoms with Crippen molar-refractivity contribution in [3.8, 4) is 5.75 Å². The summed E-state index contributed by atoms with van der Waals surface area (Å²) < 4.78 is 6.24. The number of carboxylic acid groups (broad SMARTS) is 1. The Hall–Kier alpha value is -3.42. The minimum Gasteiger partial charge on any atom is -0.493 e. The molecule has 7 heteroatoms. The number of carbonyl (C=O) groups excluding carboxylic acids is 1. The Morgan fingerprint density at radius 3 is 2.26 bits per heavy atom. The molecule has 4 rings (SSSR count). The summed E-state index contributed by atoms with van der Waals surface area (Å²) in [5, 5.41) is 9.84. The largest absolute Gasteiger partial charge is 0.493 e. The minimum absolute atomic E-state index is 0.176. The highest BCUT2D eigenvalue weighted by atomic mass is 32.2. The second kappa shape index (κ2) is 11.1. The van der Waals surface area contributed by atoms with Gasteiger partial charge in [0.25, 0.3) is 5.91 Å². The highest BCUT2D eigenvalue weighted by molar-refractivity contribution is 8.26. The maximum absolute atomic E-state index is 13.2. The average molecular weight is 490 g/mol. The van der Waals surface area contributed by atoms with Crippen LogP contribution in [0.25, 0.3) is 6.08 Å². The molecule has 1 aliphatic heterocycles. The second-order valence-corrected chi connectivity index (χ2v) is 9.39. The molecule has 1 aliphatic rings. The van der Waals surface area contributed by atoms with Crippen LogP contribution in [0.3, 0.4) is 0 Å². The van der Waals surface area contributed by atoms with Gasteiger partial charge in [-0.05, 0) is 23.3 Å². The van der Waals surface area contributed by atoms with Crippen LogP contribution in [-0.4, -0.2) is 38.9 Å². The normalized spacial score (nSPS) is 15.5. The number of hydrogen-bond acceptors (Lipinski definition) is 5. The summed E-state index contributed by atoms with van der Waals surface area (Å²) in [5.74, 6) is -0.841. The number of nitrogens with zero attached hydrogens (tertiary/aromatic N) is 1. The van der Waals surface area contributed by atoms with Crippen molar-refractivity contribution in [2.45, 2.75) is 18.9 Å². The van der Waals surface area contributed by atoms with E-state index in [9.17, 15) is 14.7 Å². The molecule has 0 spiro atoms. The number of rotatable bonds is 9. The number of benzene rings is 3. The van der Waals surface area contributed by atoms with Crippen LogP contribution in [0.4, 0.5) is 0 Å². The van der Waals surface area contributed by atoms with Gasteiger partial charge in [0, 0.05) is 18.4 Å². The van der Waals surface area contributed by atoms with E-state index < -0.39 is 17.9 Å². The lowest BCUT2D eigenvalue weighted by Crippen LogP contribution is -2.45. The van der Waals surface area contributed by atoms with Crippen LogP contribution < -0.4 is 4.74 Å². The Morgan fingerprint density at radius 1 is 0.971 bits per heavy atom. The number of carbonyl (C=O) groups is 2. The summed E-state index contributed by atoms with van der Waals surface area (Å²) in [6.07, 6.45) is 2.66. The molecule has 1 fully saturated rings. The van der Waals surface area contributed by atoms with Gasteiger partial charge >= 0.3 is 5.97 Å². The van der Waals surface area contributed by atoms with Gasteiger partial charge in [-0.3, -0.25) is 9.69 Å². The van der Waals surface area contributed by atoms with Gasteiger partial charge in [-0.2, -0.15) is 0 Å². The number of aliphatic carboxylic acids is 1. The van der Waals surface area contributed by atoms with Crippen LogP contribution in [0.5, 0.6) is 5.75 Å². The van der Waals surface area contributed by atoms with E-state index >= 15 is 0 Å². The lowest BCUT2D eigenvalue weighted by molar-refractivity contribution is -0.145. The molecule has 1 amide bonds. The molecule has 0 unspecified atom stereocenters. The summed E-state index contributed by atoms with van der Waals surface area (Å²) in [6.45, 7) is 0.494.